The monoisotopic (exact) mass is 344 g/mol. The molecule has 3 N–H and O–H groups in total. The quantitative estimate of drug-likeness (QED) is 0.626. The lowest BCUT2D eigenvalue weighted by Crippen LogP contribution is -2.28. The maximum absolute atomic E-state index is 6.24. The first kappa shape index (κ1) is 14.0. The third kappa shape index (κ3) is 3.56. The number of nitrogens with one attached hydrogen (secondary N) is 1. The number of hydrogen-bond acceptors (Lipinski definition) is 3. The van der Waals surface area contributed by atoms with Crippen molar-refractivity contribution in [2.24, 2.45) is 5.84 Å². The van der Waals surface area contributed by atoms with Crippen molar-refractivity contribution in [3.05, 3.63) is 55.6 Å². The fourth-order valence-corrected chi connectivity index (χ4v) is 3.38. The van der Waals surface area contributed by atoms with E-state index in [0.29, 0.717) is 0 Å². The van der Waals surface area contributed by atoms with Crippen molar-refractivity contribution in [3.63, 3.8) is 0 Å². The van der Waals surface area contributed by atoms with Gasteiger partial charge >= 0.3 is 0 Å². The van der Waals surface area contributed by atoms with Crippen LogP contribution in [0.5, 0.6) is 0 Å². The number of rotatable bonds is 5. The van der Waals surface area contributed by atoms with Crippen LogP contribution in [0.4, 0.5) is 0 Å². The lowest BCUT2D eigenvalue weighted by Gasteiger charge is -2.17. The molecule has 0 aliphatic heterocycles. The van der Waals surface area contributed by atoms with Gasteiger partial charge in [0, 0.05) is 20.4 Å². The lowest BCUT2D eigenvalue weighted by molar-refractivity contribution is 0.518. The number of thiophene rings is 1. The minimum absolute atomic E-state index is 0.0766. The van der Waals surface area contributed by atoms with Crippen molar-refractivity contribution in [1.29, 1.82) is 0 Å². The van der Waals surface area contributed by atoms with Crippen molar-refractivity contribution in [1.82, 2.24) is 5.43 Å². The molecule has 0 spiro atoms. The molecule has 0 saturated carbocycles. The smallest absolute Gasteiger partial charge is 0.0478 e. The first-order chi connectivity index (χ1) is 8.70. The molecular formula is C13H14BrClN2S. The van der Waals surface area contributed by atoms with Gasteiger partial charge in [-0.2, -0.15) is 0 Å². The number of nitrogens with two attached hydrogens (primary N) is 1. The van der Waals surface area contributed by atoms with Crippen LogP contribution >= 0.6 is 38.9 Å². The van der Waals surface area contributed by atoms with Gasteiger partial charge in [-0.05, 0) is 42.0 Å². The van der Waals surface area contributed by atoms with Crippen molar-refractivity contribution in [2.45, 2.75) is 18.9 Å². The van der Waals surface area contributed by atoms with Crippen molar-refractivity contribution >= 4 is 38.9 Å². The fourth-order valence-electron chi connectivity index (χ4n) is 1.85. The summed E-state index contributed by atoms with van der Waals surface area (Å²) in [4.78, 5) is 1.36. The molecule has 2 aromatic rings. The second kappa shape index (κ2) is 6.68. The minimum atomic E-state index is 0.0766. The Morgan fingerprint density at radius 3 is 2.83 bits per heavy atom. The van der Waals surface area contributed by atoms with Crippen LogP contribution in [0.3, 0.4) is 0 Å². The first-order valence-corrected chi connectivity index (χ1v) is 7.69. The molecule has 0 radical (unpaired) electrons. The van der Waals surface area contributed by atoms with Gasteiger partial charge in [0.1, 0.15) is 0 Å². The topological polar surface area (TPSA) is 38.0 Å². The van der Waals surface area contributed by atoms with Crippen molar-refractivity contribution in [2.75, 3.05) is 0 Å². The highest BCUT2D eigenvalue weighted by Crippen LogP contribution is 2.29. The van der Waals surface area contributed by atoms with E-state index in [1.807, 2.05) is 18.2 Å². The summed E-state index contributed by atoms with van der Waals surface area (Å²) in [7, 11) is 0. The standard InChI is InChI=1S/C13H14BrClN2S/c14-9-3-5-11(12(15)8-9)13(17-16)6-4-10-2-1-7-18-10/h1-3,5,7-8,13,17H,4,6,16H2. The van der Waals surface area contributed by atoms with E-state index in [4.69, 9.17) is 17.4 Å². The molecular weight excluding hydrogens is 332 g/mol. The Morgan fingerprint density at radius 1 is 1.39 bits per heavy atom. The largest absolute Gasteiger partial charge is 0.271 e. The molecule has 2 nitrogen and oxygen atoms in total. The van der Waals surface area contributed by atoms with Crippen LogP contribution in [-0.4, -0.2) is 0 Å². The lowest BCUT2D eigenvalue weighted by atomic mass is 10.0. The molecule has 96 valence electrons. The molecule has 1 atom stereocenters. The Labute approximate surface area is 124 Å². The summed E-state index contributed by atoms with van der Waals surface area (Å²) in [5.41, 5.74) is 3.89. The molecule has 1 aromatic carbocycles. The van der Waals surface area contributed by atoms with Gasteiger partial charge in [0.25, 0.3) is 0 Å². The van der Waals surface area contributed by atoms with Crippen LogP contribution in [-0.2, 0) is 6.42 Å². The summed E-state index contributed by atoms with van der Waals surface area (Å²) in [6.07, 6.45) is 1.93. The van der Waals surface area contributed by atoms with Gasteiger partial charge < -0.3 is 0 Å². The van der Waals surface area contributed by atoms with Gasteiger partial charge in [0.05, 0.1) is 0 Å². The molecule has 18 heavy (non-hydrogen) atoms. The normalized spacial score (nSPS) is 12.6. The molecule has 0 saturated heterocycles. The summed E-state index contributed by atoms with van der Waals surface area (Å²) in [5, 5.41) is 2.82. The van der Waals surface area contributed by atoms with E-state index in [1.54, 1.807) is 11.3 Å². The minimum Gasteiger partial charge on any atom is -0.271 e. The molecule has 0 bridgehead atoms. The van der Waals surface area contributed by atoms with E-state index in [1.165, 1.54) is 4.88 Å². The second-order valence-corrected chi connectivity index (χ2v) is 6.36. The maximum Gasteiger partial charge on any atom is 0.0478 e. The van der Waals surface area contributed by atoms with Gasteiger partial charge in [-0.25, -0.2) is 0 Å². The van der Waals surface area contributed by atoms with Crippen LogP contribution in [0.25, 0.3) is 0 Å². The highest BCUT2D eigenvalue weighted by molar-refractivity contribution is 9.10. The summed E-state index contributed by atoms with van der Waals surface area (Å²) in [6, 6.07) is 10.2. The van der Waals surface area contributed by atoms with Gasteiger partial charge in [-0.15, -0.1) is 11.3 Å². The molecule has 0 aliphatic rings. The maximum atomic E-state index is 6.24. The average Bonchev–Trinajstić information content (AvgIpc) is 2.85. The van der Waals surface area contributed by atoms with Gasteiger partial charge in [-0.3, -0.25) is 11.3 Å². The van der Waals surface area contributed by atoms with E-state index in [2.05, 4.69) is 38.9 Å². The third-order valence-corrected chi connectivity index (χ3v) is 4.56. The molecule has 1 heterocycles. The van der Waals surface area contributed by atoms with Crippen LogP contribution in [0, 0.1) is 0 Å². The highest BCUT2D eigenvalue weighted by atomic mass is 79.9. The van der Waals surface area contributed by atoms with Crippen LogP contribution in [0.2, 0.25) is 5.02 Å². The van der Waals surface area contributed by atoms with Crippen LogP contribution in [0.1, 0.15) is 22.9 Å². The molecule has 0 amide bonds. The average molecular weight is 346 g/mol. The first-order valence-electron chi connectivity index (χ1n) is 5.64. The third-order valence-electron chi connectivity index (χ3n) is 2.80. The number of aryl methyl sites for hydroxylation is 1. The SMILES string of the molecule is NNC(CCc1cccs1)c1ccc(Br)cc1Cl. The number of halogens is 2. The highest BCUT2D eigenvalue weighted by Gasteiger charge is 2.13. The predicted octanol–water partition coefficient (Wildman–Crippen LogP) is 4.30. The number of hydrogen-bond donors (Lipinski definition) is 2. The Bertz CT molecular complexity index is 502. The van der Waals surface area contributed by atoms with E-state index in [0.717, 1.165) is 27.9 Å². The summed E-state index contributed by atoms with van der Waals surface area (Å²) >= 11 is 11.4. The predicted molar refractivity (Wildman–Crippen MR) is 81.9 cm³/mol. The number of benzene rings is 1. The van der Waals surface area contributed by atoms with Crippen molar-refractivity contribution < 1.29 is 0 Å². The van der Waals surface area contributed by atoms with E-state index in [-0.39, 0.29) is 6.04 Å². The molecule has 1 aromatic heterocycles. The molecule has 2 rings (SSSR count). The Morgan fingerprint density at radius 2 is 2.22 bits per heavy atom. The number of hydrazine groups is 1. The van der Waals surface area contributed by atoms with Crippen LogP contribution < -0.4 is 11.3 Å². The van der Waals surface area contributed by atoms with Gasteiger partial charge in [0.15, 0.2) is 0 Å². The summed E-state index contributed by atoms with van der Waals surface area (Å²) < 4.78 is 0.977. The Kier molecular flexibility index (Phi) is 5.21. The van der Waals surface area contributed by atoms with Gasteiger partial charge in [-0.1, -0.05) is 39.7 Å². The summed E-state index contributed by atoms with van der Waals surface area (Å²) in [6.45, 7) is 0. The van der Waals surface area contributed by atoms with Gasteiger partial charge in [0.2, 0.25) is 0 Å². The zero-order valence-electron chi connectivity index (χ0n) is 9.70. The fraction of sp³-hybridized carbons (Fsp3) is 0.231. The molecule has 5 heteroatoms. The van der Waals surface area contributed by atoms with E-state index < -0.39 is 0 Å². The zero-order chi connectivity index (χ0) is 13.0. The van der Waals surface area contributed by atoms with E-state index in [9.17, 15) is 0 Å². The second-order valence-electron chi connectivity index (χ2n) is 4.00. The van der Waals surface area contributed by atoms with Crippen LogP contribution in [0.15, 0.2) is 40.2 Å². The molecule has 1 unspecified atom stereocenters. The van der Waals surface area contributed by atoms with Crippen molar-refractivity contribution in [3.8, 4) is 0 Å². The van der Waals surface area contributed by atoms with E-state index >= 15 is 0 Å². The molecule has 0 fully saturated rings. The Hall–Kier alpha value is -0.390. The zero-order valence-corrected chi connectivity index (χ0v) is 12.9. The molecule has 0 aliphatic carbocycles. The summed E-state index contributed by atoms with van der Waals surface area (Å²) in [5.74, 6) is 5.63. The Balaban J connectivity index is 2.08.